The van der Waals surface area contributed by atoms with Crippen molar-refractivity contribution >= 4 is 51.7 Å². The summed E-state index contributed by atoms with van der Waals surface area (Å²) in [5.41, 5.74) is 1.51. The van der Waals surface area contributed by atoms with Crippen molar-refractivity contribution in [3.05, 3.63) is 87.7 Å². The summed E-state index contributed by atoms with van der Waals surface area (Å²) >= 11 is 6.47. The number of benzene rings is 1. The van der Waals surface area contributed by atoms with Gasteiger partial charge in [-0.2, -0.15) is 0 Å². The molecule has 0 spiro atoms. The maximum absolute atomic E-state index is 13.3. The smallest absolute Gasteiger partial charge is 0.267 e. The van der Waals surface area contributed by atoms with Gasteiger partial charge in [-0.25, -0.2) is 4.98 Å². The fourth-order valence-electron chi connectivity index (χ4n) is 3.21. The summed E-state index contributed by atoms with van der Waals surface area (Å²) in [6.07, 6.45) is 4.83. The zero-order valence-electron chi connectivity index (χ0n) is 17.3. The van der Waals surface area contributed by atoms with Crippen molar-refractivity contribution in [2.75, 3.05) is 19.0 Å². The van der Waals surface area contributed by atoms with E-state index in [2.05, 4.69) is 16.9 Å². The third-order valence-electron chi connectivity index (χ3n) is 4.85. The molecule has 9 heteroatoms. The Balaban J connectivity index is 1.74. The Labute approximate surface area is 194 Å². The Morgan fingerprint density at radius 3 is 2.72 bits per heavy atom. The van der Waals surface area contributed by atoms with Gasteiger partial charge in [0.1, 0.15) is 21.5 Å². The maximum atomic E-state index is 13.3. The Morgan fingerprint density at radius 2 is 2.00 bits per heavy atom. The Kier molecular flexibility index (Phi) is 6.38. The highest BCUT2D eigenvalue weighted by molar-refractivity contribution is 8.26. The monoisotopic (exact) mass is 464 g/mol. The molecular weight excluding hydrogens is 444 g/mol. The van der Waals surface area contributed by atoms with E-state index in [0.717, 1.165) is 23.1 Å². The lowest BCUT2D eigenvalue weighted by Crippen LogP contribution is -2.28. The molecule has 3 aromatic rings. The van der Waals surface area contributed by atoms with E-state index in [-0.39, 0.29) is 11.5 Å². The Bertz CT molecular complexity index is 1300. The number of hydrogen-bond acceptors (Lipinski definition) is 7. The van der Waals surface area contributed by atoms with Crippen molar-refractivity contribution in [3.63, 3.8) is 0 Å². The van der Waals surface area contributed by atoms with Crippen LogP contribution >= 0.6 is 24.0 Å². The minimum atomic E-state index is -0.276. The molecule has 1 N–H and O–H groups in total. The lowest BCUT2D eigenvalue weighted by Gasteiger charge is -2.12. The van der Waals surface area contributed by atoms with Gasteiger partial charge in [0, 0.05) is 19.3 Å². The number of methoxy groups -OCH3 is 1. The highest BCUT2D eigenvalue weighted by atomic mass is 32.2. The number of ether oxygens (including phenoxy) is 1. The SMILES string of the molecule is C=CCN1C(=O)C(=Cc2c(NCc3ccc(OC)cc3)nc3ccccn3c2=O)SC1=S. The Hall–Kier alpha value is -3.43. The number of anilines is 1. The molecule has 1 fully saturated rings. The van der Waals surface area contributed by atoms with E-state index in [0.29, 0.717) is 39.3 Å². The molecule has 0 unspecified atom stereocenters. The molecule has 7 nitrogen and oxygen atoms in total. The van der Waals surface area contributed by atoms with Gasteiger partial charge in [-0.05, 0) is 35.9 Å². The van der Waals surface area contributed by atoms with Crippen LogP contribution in [0.3, 0.4) is 0 Å². The van der Waals surface area contributed by atoms with Crippen molar-refractivity contribution in [3.8, 4) is 5.75 Å². The number of fused-ring (bicyclic) bond motifs is 1. The lowest BCUT2D eigenvalue weighted by atomic mass is 10.2. The molecule has 4 rings (SSSR count). The quantitative estimate of drug-likeness (QED) is 0.325. The third-order valence-corrected chi connectivity index (χ3v) is 6.23. The average molecular weight is 465 g/mol. The number of pyridine rings is 1. The minimum Gasteiger partial charge on any atom is -0.497 e. The molecule has 0 radical (unpaired) electrons. The fraction of sp³-hybridized carbons (Fsp3) is 0.130. The number of thiocarbonyl (C=S) groups is 1. The second-order valence-corrected chi connectivity index (χ2v) is 8.57. The van der Waals surface area contributed by atoms with Crippen LogP contribution in [0, 0.1) is 0 Å². The number of carbonyl (C=O) groups excluding carboxylic acids is 1. The van der Waals surface area contributed by atoms with Crippen molar-refractivity contribution in [2.24, 2.45) is 0 Å². The molecule has 1 saturated heterocycles. The van der Waals surface area contributed by atoms with E-state index >= 15 is 0 Å². The first kappa shape index (κ1) is 21.8. The molecule has 32 heavy (non-hydrogen) atoms. The van der Waals surface area contributed by atoms with Crippen molar-refractivity contribution < 1.29 is 9.53 Å². The van der Waals surface area contributed by atoms with Gasteiger partial charge < -0.3 is 10.1 Å². The van der Waals surface area contributed by atoms with Gasteiger partial charge >= 0.3 is 0 Å². The summed E-state index contributed by atoms with van der Waals surface area (Å²) in [4.78, 5) is 32.5. The molecule has 1 aliphatic rings. The largest absolute Gasteiger partial charge is 0.497 e. The van der Waals surface area contributed by atoms with E-state index in [1.807, 2.05) is 30.3 Å². The van der Waals surface area contributed by atoms with E-state index < -0.39 is 0 Å². The highest BCUT2D eigenvalue weighted by Gasteiger charge is 2.31. The van der Waals surface area contributed by atoms with Crippen LogP contribution in [0.1, 0.15) is 11.1 Å². The third kappa shape index (κ3) is 4.30. The molecule has 0 bridgehead atoms. The van der Waals surface area contributed by atoms with Gasteiger partial charge in [0.05, 0.1) is 17.6 Å². The zero-order valence-corrected chi connectivity index (χ0v) is 18.9. The maximum Gasteiger partial charge on any atom is 0.267 e. The molecule has 0 saturated carbocycles. The number of thioether (sulfide) groups is 1. The molecule has 1 aromatic carbocycles. The summed E-state index contributed by atoms with van der Waals surface area (Å²) in [7, 11) is 1.61. The van der Waals surface area contributed by atoms with E-state index in [1.54, 1.807) is 37.6 Å². The average Bonchev–Trinajstić information content (AvgIpc) is 3.08. The van der Waals surface area contributed by atoms with Gasteiger partial charge in [-0.3, -0.25) is 18.9 Å². The van der Waals surface area contributed by atoms with Gasteiger partial charge in [0.15, 0.2) is 0 Å². The zero-order chi connectivity index (χ0) is 22.7. The first-order valence-electron chi connectivity index (χ1n) is 9.76. The lowest BCUT2D eigenvalue weighted by molar-refractivity contribution is -0.121. The number of nitrogens with one attached hydrogen (secondary N) is 1. The van der Waals surface area contributed by atoms with Crippen LogP contribution in [-0.2, 0) is 11.3 Å². The minimum absolute atomic E-state index is 0.251. The normalized spacial score (nSPS) is 14.9. The molecule has 3 heterocycles. The topological polar surface area (TPSA) is 75.9 Å². The molecule has 162 valence electrons. The van der Waals surface area contributed by atoms with Crippen LogP contribution in [0.15, 0.2) is 71.0 Å². The number of carbonyl (C=O) groups is 1. The summed E-state index contributed by atoms with van der Waals surface area (Å²) < 4.78 is 7.08. The summed E-state index contributed by atoms with van der Waals surface area (Å²) in [6, 6.07) is 12.9. The van der Waals surface area contributed by atoms with E-state index in [4.69, 9.17) is 17.0 Å². The van der Waals surface area contributed by atoms with Gasteiger partial charge in [0.25, 0.3) is 11.5 Å². The number of amides is 1. The molecule has 2 aromatic heterocycles. The fourth-order valence-corrected chi connectivity index (χ4v) is 4.47. The summed E-state index contributed by atoms with van der Waals surface area (Å²) in [5.74, 6) is 0.905. The molecule has 1 aliphatic heterocycles. The van der Waals surface area contributed by atoms with Crippen LogP contribution in [0.5, 0.6) is 5.75 Å². The van der Waals surface area contributed by atoms with E-state index in [9.17, 15) is 9.59 Å². The second kappa shape index (κ2) is 9.37. The molecule has 1 amide bonds. The summed E-state index contributed by atoms with van der Waals surface area (Å²) in [6.45, 7) is 4.43. The molecule has 0 aliphatic carbocycles. The number of hydrogen-bond donors (Lipinski definition) is 1. The standard InChI is InChI=1S/C23H20N4O3S2/c1-3-11-27-22(29)18(32-23(27)31)13-17-20(24-14-15-7-9-16(30-2)10-8-15)25-19-6-4-5-12-26(19)21(17)28/h3-10,12-13,24H,1,11,14H2,2H3. The van der Waals surface area contributed by atoms with Crippen molar-refractivity contribution in [2.45, 2.75) is 6.54 Å². The predicted octanol–water partition coefficient (Wildman–Crippen LogP) is 3.70. The van der Waals surface area contributed by atoms with Crippen LogP contribution in [0.4, 0.5) is 5.82 Å². The molecule has 0 atom stereocenters. The van der Waals surface area contributed by atoms with Crippen molar-refractivity contribution in [1.29, 1.82) is 0 Å². The first-order valence-corrected chi connectivity index (χ1v) is 11.0. The number of nitrogens with zero attached hydrogens (tertiary/aromatic N) is 3. The number of rotatable bonds is 7. The van der Waals surface area contributed by atoms with Gasteiger partial charge in [-0.15, -0.1) is 6.58 Å². The second-order valence-electron chi connectivity index (χ2n) is 6.89. The van der Waals surface area contributed by atoms with Crippen LogP contribution in [-0.4, -0.2) is 38.2 Å². The van der Waals surface area contributed by atoms with Gasteiger partial charge in [0.2, 0.25) is 0 Å². The van der Waals surface area contributed by atoms with Crippen molar-refractivity contribution in [1.82, 2.24) is 14.3 Å². The predicted molar refractivity (Wildman–Crippen MR) is 132 cm³/mol. The molecular formula is C23H20N4O3S2. The van der Waals surface area contributed by atoms with Crippen LogP contribution < -0.4 is 15.6 Å². The van der Waals surface area contributed by atoms with Gasteiger partial charge in [-0.1, -0.05) is 48.3 Å². The first-order chi connectivity index (χ1) is 15.5. The van der Waals surface area contributed by atoms with Crippen LogP contribution in [0.25, 0.3) is 11.7 Å². The highest BCUT2D eigenvalue weighted by Crippen LogP contribution is 2.33. The Morgan fingerprint density at radius 1 is 1.22 bits per heavy atom. The van der Waals surface area contributed by atoms with E-state index in [1.165, 1.54) is 9.30 Å². The van der Waals surface area contributed by atoms with Crippen LogP contribution in [0.2, 0.25) is 0 Å². The summed E-state index contributed by atoms with van der Waals surface area (Å²) in [5, 5.41) is 3.24. The number of aromatic nitrogens is 2.